The minimum atomic E-state index is -4.22. The van der Waals surface area contributed by atoms with Gasteiger partial charge in [-0.15, -0.1) is 0 Å². The first-order chi connectivity index (χ1) is 9.40. The number of rotatable bonds is 3. The molecule has 0 saturated carbocycles. The van der Waals surface area contributed by atoms with Crippen LogP contribution in [0.1, 0.15) is 12.0 Å². The second-order valence-electron chi connectivity index (χ2n) is 4.45. The predicted molar refractivity (Wildman–Crippen MR) is 70.4 cm³/mol. The van der Waals surface area contributed by atoms with Crippen LogP contribution in [0.15, 0.2) is 30.3 Å². The van der Waals surface area contributed by atoms with E-state index in [0.717, 1.165) is 5.39 Å². The van der Waals surface area contributed by atoms with Crippen molar-refractivity contribution < 1.29 is 13.2 Å². The van der Waals surface area contributed by atoms with Gasteiger partial charge in [0.05, 0.1) is 17.5 Å². The van der Waals surface area contributed by atoms with Crippen LogP contribution in [0.3, 0.4) is 0 Å². The average Bonchev–Trinajstić information content (AvgIpc) is 2.42. The first-order valence-corrected chi connectivity index (χ1v) is 5.98. The molecule has 2 rings (SSSR count). The second kappa shape index (κ2) is 5.37. The minimum Gasteiger partial charge on any atom is -0.358 e. The Hall–Kier alpha value is -2.29. The topological polar surface area (TPSA) is 39.9 Å². The SMILES string of the molecule is CN(CCC(F)(F)F)c1nc2ccccc2cc1C#N. The molecule has 6 heteroatoms. The van der Waals surface area contributed by atoms with Crippen molar-refractivity contribution >= 4 is 16.7 Å². The second-order valence-corrected chi connectivity index (χ2v) is 4.45. The molecule has 0 aliphatic heterocycles. The fourth-order valence-corrected chi connectivity index (χ4v) is 1.88. The lowest BCUT2D eigenvalue weighted by atomic mass is 10.1. The number of para-hydroxylation sites is 1. The molecule has 2 aromatic rings. The molecule has 1 aromatic carbocycles. The van der Waals surface area contributed by atoms with Gasteiger partial charge in [-0.05, 0) is 12.1 Å². The van der Waals surface area contributed by atoms with Crippen molar-refractivity contribution in [1.29, 1.82) is 5.26 Å². The van der Waals surface area contributed by atoms with E-state index < -0.39 is 12.6 Å². The highest BCUT2D eigenvalue weighted by Gasteiger charge is 2.27. The summed E-state index contributed by atoms with van der Waals surface area (Å²) in [4.78, 5) is 5.64. The van der Waals surface area contributed by atoms with Gasteiger partial charge in [-0.2, -0.15) is 18.4 Å². The molecule has 20 heavy (non-hydrogen) atoms. The van der Waals surface area contributed by atoms with Gasteiger partial charge in [-0.1, -0.05) is 18.2 Å². The third kappa shape index (κ3) is 3.18. The van der Waals surface area contributed by atoms with Crippen molar-refractivity contribution in [3.63, 3.8) is 0 Å². The highest BCUT2D eigenvalue weighted by atomic mass is 19.4. The number of alkyl halides is 3. The van der Waals surface area contributed by atoms with Crippen molar-refractivity contribution in [3.05, 3.63) is 35.9 Å². The zero-order valence-electron chi connectivity index (χ0n) is 10.8. The molecule has 0 N–H and O–H groups in total. The third-order valence-corrected chi connectivity index (χ3v) is 2.92. The quantitative estimate of drug-likeness (QED) is 0.863. The minimum absolute atomic E-state index is 0.233. The van der Waals surface area contributed by atoms with Gasteiger partial charge >= 0.3 is 6.18 Å². The summed E-state index contributed by atoms with van der Waals surface area (Å²) in [5, 5.41) is 9.90. The Balaban J connectivity index is 2.35. The molecule has 3 nitrogen and oxygen atoms in total. The van der Waals surface area contributed by atoms with Gasteiger partial charge in [-0.3, -0.25) is 0 Å². The summed E-state index contributed by atoms with van der Waals surface area (Å²) in [6.45, 7) is -0.233. The Kier molecular flexibility index (Phi) is 3.79. The molecule has 1 aromatic heterocycles. The molecule has 0 unspecified atom stereocenters. The highest BCUT2D eigenvalue weighted by molar-refractivity contribution is 5.82. The molecule has 0 atom stereocenters. The van der Waals surface area contributed by atoms with Crippen molar-refractivity contribution in [2.24, 2.45) is 0 Å². The van der Waals surface area contributed by atoms with Gasteiger partial charge in [0.1, 0.15) is 11.9 Å². The fraction of sp³-hybridized carbons (Fsp3) is 0.286. The third-order valence-electron chi connectivity index (χ3n) is 2.92. The first kappa shape index (κ1) is 14.1. The molecule has 0 amide bonds. The molecule has 0 spiro atoms. The van der Waals surface area contributed by atoms with E-state index in [1.54, 1.807) is 18.2 Å². The van der Waals surface area contributed by atoms with Crippen LogP contribution in [0.2, 0.25) is 0 Å². The van der Waals surface area contributed by atoms with Gasteiger partial charge < -0.3 is 4.90 Å². The van der Waals surface area contributed by atoms with Crippen LogP contribution >= 0.6 is 0 Å². The average molecular weight is 279 g/mol. The molecular formula is C14H12F3N3. The van der Waals surface area contributed by atoms with Crippen molar-refractivity contribution in [3.8, 4) is 6.07 Å². The highest BCUT2D eigenvalue weighted by Crippen LogP contribution is 2.25. The number of hydrogen-bond acceptors (Lipinski definition) is 3. The summed E-state index contributed by atoms with van der Waals surface area (Å²) in [7, 11) is 1.50. The van der Waals surface area contributed by atoms with E-state index in [2.05, 4.69) is 4.98 Å². The smallest absolute Gasteiger partial charge is 0.358 e. The van der Waals surface area contributed by atoms with Crippen molar-refractivity contribution in [2.75, 3.05) is 18.5 Å². The standard InChI is InChI=1S/C14H12F3N3/c1-20(7-6-14(15,16)17)13-11(9-18)8-10-4-2-3-5-12(10)19-13/h2-5,8H,6-7H2,1H3. The Morgan fingerprint density at radius 3 is 2.65 bits per heavy atom. The van der Waals surface area contributed by atoms with Crippen LogP contribution in [0, 0.1) is 11.3 Å². The predicted octanol–water partition coefficient (Wildman–Crippen LogP) is 3.50. The Labute approximate surface area is 114 Å². The normalized spacial score (nSPS) is 11.3. The number of nitrogens with zero attached hydrogens (tertiary/aromatic N) is 3. The van der Waals surface area contributed by atoms with Gasteiger partial charge in [0, 0.05) is 19.0 Å². The van der Waals surface area contributed by atoms with Gasteiger partial charge in [0.2, 0.25) is 0 Å². The zero-order chi connectivity index (χ0) is 14.8. The largest absolute Gasteiger partial charge is 0.390 e. The molecular weight excluding hydrogens is 267 g/mol. The molecule has 0 aliphatic carbocycles. The van der Waals surface area contributed by atoms with Crippen LogP contribution in [0.5, 0.6) is 0 Å². The summed E-state index contributed by atoms with van der Waals surface area (Å²) in [6, 6.07) is 10.8. The summed E-state index contributed by atoms with van der Waals surface area (Å²) in [6.07, 6.45) is -5.17. The van der Waals surface area contributed by atoms with Gasteiger partial charge in [0.25, 0.3) is 0 Å². The zero-order valence-corrected chi connectivity index (χ0v) is 10.8. The summed E-state index contributed by atoms with van der Waals surface area (Å²) < 4.78 is 36.8. The van der Waals surface area contributed by atoms with Crippen LogP contribution in [0.25, 0.3) is 10.9 Å². The first-order valence-electron chi connectivity index (χ1n) is 5.98. The summed E-state index contributed by atoms with van der Waals surface area (Å²) >= 11 is 0. The van der Waals surface area contributed by atoms with E-state index in [-0.39, 0.29) is 17.9 Å². The van der Waals surface area contributed by atoms with E-state index in [1.807, 2.05) is 18.2 Å². The molecule has 1 heterocycles. The molecule has 0 fully saturated rings. The molecule has 0 bridgehead atoms. The van der Waals surface area contributed by atoms with E-state index in [1.165, 1.54) is 11.9 Å². The molecule has 0 radical (unpaired) electrons. The summed E-state index contributed by atoms with van der Waals surface area (Å²) in [5.74, 6) is 0.274. The molecule has 0 saturated heterocycles. The number of benzene rings is 1. The maximum Gasteiger partial charge on any atom is 0.390 e. The monoisotopic (exact) mass is 279 g/mol. The van der Waals surface area contributed by atoms with Crippen LogP contribution in [-0.2, 0) is 0 Å². The maximum absolute atomic E-state index is 12.3. The maximum atomic E-state index is 12.3. The molecule has 104 valence electrons. The number of halogens is 3. The van der Waals surface area contributed by atoms with Crippen LogP contribution < -0.4 is 4.90 Å². The van der Waals surface area contributed by atoms with E-state index in [9.17, 15) is 13.2 Å². The Morgan fingerprint density at radius 2 is 2.00 bits per heavy atom. The van der Waals surface area contributed by atoms with E-state index >= 15 is 0 Å². The van der Waals surface area contributed by atoms with Crippen molar-refractivity contribution in [2.45, 2.75) is 12.6 Å². The van der Waals surface area contributed by atoms with Crippen LogP contribution in [0.4, 0.5) is 19.0 Å². The Bertz CT molecular complexity index is 659. The molecule has 0 aliphatic rings. The fourth-order valence-electron chi connectivity index (χ4n) is 1.88. The lowest BCUT2D eigenvalue weighted by Gasteiger charge is -2.20. The van der Waals surface area contributed by atoms with Gasteiger partial charge in [-0.25, -0.2) is 4.98 Å². The Morgan fingerprint density at radius 1 is 1.30 bits per heavy atom. The van der Waals surface area contributed by atoms with E-state index in [4.69, 9.17) is 5.26 Å². The van der Waals surface area contributed by atoms with Crippen molar-refractivity contribution in [1.82, 2.24) is 4.98 Å². The lowest BCUT2D eigenvalue weighted by Crippen LogP contribution is -2.25. The number of fused-ring (bicyclic) bond motifs is 1. The van der Waals surface area contributed by atoms with E-state index in [0.29, 0.717) is 5.52 Å². The summed E-state index contributed by atoms with van der Waals surface area (Å²) in [5.41, 5.74) is 0.925. The number of nitriles is 1. The van der Waals surface area contributed by atoms with Gasteiger partial charge in [0.15, 0.2) is 0 Å². The number of pyridine rings is 1. The number of anilines is 1. The number of hydrogen-bond donors (Lipinski definition) is 0. The number of aromatic nitrogens is 1. The van der Waals surface area contributed by atoms with Crippen LogP contribution in [-0.4, -0.2) is 24.8 Å². The lowest BCUT2D eigenvalue weighted by molar-refractivity contribution is -0.132.